The van der Waals surface area contributed by atoms with Crippen LogP contribution in [0, 0.1) is 34.0 Å². The zero-order valence-corrected chi connectivity index (χ0v) is 16.6. The second-order valence-corrected chi connectivity index (χ2v) is 10.1. The summed E-state index contributed by atoms with van der Waals surface area (Å²) in [4.78, 5) is 23.0. The van der Waals surface area contributed by atoms with Gasteiger partial charge in [0.2, 0.25) is 0 Å². The van der Waals surface area contributed by atoms with E-state index in [1.165, 1.54) is 6.92 Å². The number of hydrogen-bond donors (Lipinski definition) is 2. The monoisotopic (exact) mass is 376 g/mol. The molecule has 0 radical (unpaired) electrons. The lowest BCUT2D eigenvalue weighted by atomic mass is 9.40. The average Bonchev–Trinajstić information content (AvgIpc) is 2.91. The first-order valence-electron chi connectivity index (χ1n) is 10.3. The summed E-state index contributed by atoms with van der Waals surface area (Å²) in [7, 11) is 0. The van der Waals surface area contributed by atoms with Gasteiger partial charge >= 0.3 is 5.97 Å². The summed E-state index contributed by atoms with van der Waals surface area (Å²) >= 11 is 0. The Hall–Kier alpha value is -1.20. The summed E-state index contributed by atoms with van der Waals surface area (Å²) in [5.41, 5.74) is -0.0482. The van der Waals surface area contributed by atoms with Gasteiger partial charge in [-0.2, -0.15) is 0 Å². The number of aliphatic hydroxyl groups excluding tert-OH is 2. The smallest absolute Gasteiger partial charge is 0.302 e. The van der Waals surface area contributed by atoms with Gasteiger partial charge in [-0.05, 0) is 67.3 Å². The van der Waals surface area contributed by atoms with E-state index in [4.69, 9.17) is 4.74 Å². The van der Waals surface area contributed by atoms with Gasteiger partial charge in [-0.1, -0.05) is 19.9 Å². The standard InChI is InChI=1S/C22H32O5/c1-13(24)27-12-21(3)17-8-19(26)22-9-14(15(10-22)11-23)4-5-16(22)20(17,2)7-6-18(21)25/h10-11,14,16-19,25-26H,4-9,12H2,1-3H3/t14-,16+,17+,18-,19+,20+,21-,22-/m1/s1. The van der Waals surface area contributed by atoms with E-state index in [1.807, 2.05) is 6.92 Å². The average molecular weight is 376 g/mol. The highest BCUT2D eigenvalue weighted by Gasteiger charge is 2.67. The van der Waals surface area contributed by atoms with Gasteiger partial charge in [0.25, 0.3) is 0 Å². The van der Waals surface area contributed by atoms with Crippen LogP contribution in [0.1, 0.15) is 59.3 Å². The zero-order valence-electron chi connectivity index (χ0n) is 16.6. The van der Waals surface area contributed by atoms with Gasteiger partial charge in [0.1, 0.15) is 6.29 Å². The molecular formula is C22H32O5. The molecule has 0 amide bonds. The van der Waals surface area contributed by atoms with Crippen molar-refractivity contribution in [3.05, 3.63) is 11.6 Å². The van der Waals surface area contributed by atoms with Crippen LogP contribution in [0.4, 0.5) is 0 Å². The van der Waals surface area contributed by atoms with Crippen molar-refractivity contribution in [2.45, 2.75) is 71.5 Å². The number of esters is 1. The molecule has 0 aromatic heterocycles. The molecule has 5 heteroatoms. The van der Waals surface area contributed by atoms with Crippen LogP contribution in [0.5, 0.6) is 0 Å². The Kier molecular flexibility index (Phi) is 4.36. The number of ether oxygens (including phenoxy) is 1. The molecule has 0 aromatic rings. The predicted molar refractivity (Wildman–Crippen MR) is 99.6 cm³/mol. The Morgan fingerprint density at radius 3 is 2.63 bits per heavy atom. The van der Waals surface area contributed by atoms with Crippen LogP contribution in [0.3, 0.4) is 0 Å². The van der Waals surface area contributed by atoms with E-state index in [-0.39, 0.29) is 41.2 Å². The minimum atomic E-state index is -0.562. The Bertz CT molecular complexity index is 686. The molecule has 2 bridgehead atoms. The summed E-state index contributed by atoms with van der Waals surface area (Å²) in [6, 6.07) is 0. The molecule has 1 spiro atoms. The number of hydrogen-bond acceptors (Lipinski definition) is 5. The fraction of sp³-hybridized carbons (Fsp3) is 0.818. The topological polar surface area (TPSA) is 83.8 Å². The normalized spacial score (nSPS) is 51.0. The molecule has 150 valence electrons. The van der Waals surface area contributed by atoms with E-state index < -0.39 is 17.6 Å². The number of rotatable bonds is 3. The van der Waals surface area contributed by atoms with Crippen LogP contribution in [0.25, 0.3) is 0 Å². The van der Waals surface area contributed by atoms with Crippen molar-refractivity contribution >= 4 is 12.3 Å². The number of carbonyl (C=O) groups excluding carboxylic acids is 2. The van der Waals surface area contributed by atoms with Crippen molar-refractivity contribution in [2.24, 2.45) is 34.0 Å². The third kappa shape index (κ3) is 2.50. The molecule has 0 unspecified atom stereocenters. The van der Waals surface area contributed by atoms with E-state index in [9.17, 15) is 19.8 Å². The van der Waals surface area contributed by atoms with Crippen molar-refractivity contribution in [2.75, 3.05) is 6.61 Å². The third-order valence-electron chi connectivity index (χ3n) is 8.87. The van der Waals surface area contributed by atoms with Crippen molar-refractivity contribution in [3.63, 3.8) is 0 Å². The largest absolute Gasteiger partial charge is 0.465 e. The molecule has 27 heavy (non-hydrogen) atoms. The number of aliphatic hydroxyl groups is 2. The van der Waals surface area contributed by atoms with E-state index in [0.29, 0.717) is 12.8 Å². The predicted octanol–water partition coefficient (Wildman–Crippen LogP) is 2.64. The fourth-order valence-corrected chi connectivity index (χ4v) is 7.51. The van der Waals surface area contributed by atoms with Crippen LogP contribution in [0.15, 0.2) is 11.6 Å². The molecule has 3 fully saturated rings. The lowest BCUT2D eigenvalue weighted by Gasteiger charge is -2.66. The van der Waals surface area contributed by atoms with Gasteiger partial charge in [-0.25, -0.2) is 0 Å². The lowest BCUT2D eigenvalue weighted by molar-refractivity contribution is -0.224. The zero-order chi connectivity index (χ0) is 19.6. The van der Waals surface area contributed by atoms with Crippen molar-refractivity contribution < 1.29 is 24.5 Å². The molecule has 0 aromatic carbocycles. The Morgan fingerprint density at radius 2 is 1.96 bits per heavy atom. The maximum atomic E-state index is 11.6. The molecule has 4 rings (SSSR count). The molecule has 5 nitrogen and oxygen atoms in total. The molecule has 3 saturated carbocycles. The molecule has 8 atom stereocenters. The third-order valence-corrected chi connectivity index (χ3v) is 8.87. The first kappa shape index (κ1) is 19.1. The minimum absolute atomic E-state index is 0.0484. The highest BCUT2D eigenvalue weighted by Crippen LogP contribution is 2.70. The van der Waals surface area contributed by atoms with Crippen LogP contribution >= 0.6 is 0 Å². The van der Waals surface area contributed by atoms with E-state index in [2.05, 4.69) is 13.0 Å². The van der Waals surface area contributed by atoms with Crippen LogP contribution < -0.4 is 0 Å². The minimum Gasteiger partial charge on any atom is -0.465 e. The molecule has 0 heterocycles. The van der Waals surface area contributed by atoms with Gasteiger partial charge in [0, 0.05) is 17.8 Å². The number of allylic oxidation sites excluding steroid dienone is 1. The first-order chi connectivity index (χ1) is 12.7. The maximum absolute atomic E-state index is 11.6. The van der Waals surface area contributed by atoms with Gasteiger partial charge in [-0.3, -0.25) is 9.59 Å². The molecule has 0 saturated heterocycles. The molecule has 4 aliphatic carbocycles. The highest BCUT2D eigenvalue weighted by molar-refractivity contribution is 5.75. The summed E-state index contributed by atoms with van der Waals surface area (Å²) in [5.74, 6) is 0.314. The summed E-state index contributed by atoms with van der Waals surface area (Å²) in [5, 5.41) is 22.1. The quantitative estimate of drug-likeness (QED) is 0.584. The SMILES string of the molecule is CC(=O)OC[C@]1(C)[C@H]2C[C@H](O)[C@]34C=C(C=O)[C@H](CC[C@H]3[C@]2(C)CC[C@H]1O)C4. The number of aldehydes is 1. The van der Waals surface area contributed by atoms with E-state index in [1.54, 1.807) is 0 Å². The summed E-state index contributed by atoms with van der Waals surface area (Å²) < 4.78 is 5.38. The molecule has 0 aliphatic heterocycles. The summed E-state index contributed by atoms with van der Waals surface area (Å²) in [6.45, 7) is 5.91. The Labute approximate surface area is 161 Å². The second kappa shape index (κ2) is 6.15. The van der Waals surface area contributed by atoms with Crippen LogP contribution in [-0.2, 0) is 14.3 Å². The molecule has 4 aliphatic rings. The fourth-order valence-electron chi connectivity index (χ4n) is 7.51. The first-order valence-corrected chi connectivity index (χ1v) is 10.3. The van der Waals surface area contributed by atoms with E-state index in [0.717, 1.165) is 37.5 Å². The van der Waals surface area contributed by atoms with Gasteiger partial charge < -0.3 is 14.9 Å². The molecule has 2 N–H and O–H groups in total. The lowest BCUT2D eigenvalue weighted by Crippen LogP contribution is -2.64. The Morgan fingerprint density at radius 1 is 1.22 bits per heavy atom. The Balaban J connectivity index is 1.74. The number of fused-ring (bicyclic) bond motifs is 3. The van der Waals surface area contributed by atoms with Crippen molar-refractivity contribution in [3.8, 4) is 0 Å². The van der Waals surface area contributed by atoms with Crippen LogP contribution in [0.2, 0.25) is 0 Å². The summed E-state index contributed by atoms with van der Waals surface area (Å²) in [6.07, 6.45) is 7.05. The molecular weight excluding hydrogens is 344 g/mol. The van der Waals surface area contributed by atoms with Gasteiger partial charge in [0.15, 0.2) is 0 Å². The highest BCUT2D eigenvalue weighted by atomic mass is 16.5. The van der Waals surface area contributed by atoms with Gasteiger partial charge in [-0.15, -0.1) is 0 Å². The van der Waals surface area contributed by atoms with Crippen molar-refractivity contribution in [1.29, 1.82) is 0 Å². The van der Waals surface area contributed by atoms with Gasteiger partial charge in [0.05, 0.1) is 18.8 Å². The second-order valence-electron chi connectivity index (χ2n) is 10.1. The van der Waals surface area contributed by atoms with Crippen molar-refractivity contribution in [1.82, 2.24) is 0 Å². The number of carbonyl (C=O) groups is 2. The maximum Gasteiger partial charge on any atom is 0.302 e. The van der Waals surface area contributed by atoms with E-state index >= 15 is 0 Å². The van der Waals surface area contributed by atoms with Crippen LogP contribution in [-0.4, -0.2) is 41.3 Å².